The quantitative estimate of drug-likeness (QED) is 0.468. The van der Waals surface area contributed by atoms with Crippen LogP contribution in [-0.4, -0.2) is 24.6 Å². The lowest BCUT2D eigenvalue weighted by atomic mass is 10.1. The number of ether oxygens (including phenoxy) is 2. The smallest absolute Gasteiger partial charge is 0.387 e. The Hall–Kier alpha value is -1.77. The molecular formula is C10H8BrF2NO5. The average Bonchev–Trinajstić information content (AvgIpc) is 2.31. The van der Waals surface area contributed by atoms with Gasteiger partial charge in [0.2, 0.25) is 5.75 Å². The minimum atomic E-state index is -3.25. The molecule has 0 N–H and O–H groups in total. The molecule has 0 bridgehead atoms. The topological polar surface area (TPSA) is 78.7 Å². The van der Waals surface area contributed by atoms with Gasteiger partial charge in [0.15, 0.2) is 0 Å². The molecule has 0 saturated heterocycles. The van der Waals surface area contributed by atoms with Crippen molar-refractivity contribution in [3.05, 3.63) is 32.3 Å². The van der Waals surface area contributed by atoms with Crippen LogP contribution < -0.4 is 4.74 Å². The molecule has 0 aliphatic heterocycles. The van der Waals surface area contributed by atoms with Crippen LogP contribution in [0, 0.1) is 10.1 Å². The summed E-state index contributed by atoms with van der Waals surface area (Å²) in [5.74, 6) is -1.38. The molecule has 0 radical (unpaired) electrons. The predicted octanol–water partition coefficient (Wildman–Crippen LogP) is 2.67. The summed E-state index contributed by atoms with van der Waals surface area (Å²) in [6.45, 7) is -3.25. The summed E-state index contributed by atoms with van der Waals surface area (Å²) in [4.78, 5) is 21.1. The summed E-state index contributed by atoms with van der Waals surface area (Å²) < 4.78 is 33.1. The molecule has 1 aromatic rings. The van der Waals surface area contributed by atoms with Crippen LogP contribution in [0.4, 0.5) is 14.5 Å². The molecule has 6 nitrogen and oxygen atoms in total. The van der Waals surface area contributed by atoms with Gasteiger partial charge in [0.1, 0.15) is 0 Å². The van der Waals surface area contributed by atoms with E-state index in [1.54, 1.807) is 0 Å². The highest BCUT2D eigenvalue weighted by molar-refractivity contribution is 9.10. The van der Waals surface area contributed by atoms with Gasteiger partial charge in [-0.25, -0.2) is 0 Å². The number of rotatable bonds is 5. The van der Waals surface area contributed by atoms with Crippen LogP contribution in [0.1, 0.15) is 5.56 Å². The fraction of sp³-hybridized carbons (Fsp3) is 0.300. The number of hydrogen-bond donors (Lipinski definition) is 0. The second-order valence-electron chi connectivity index (χ2n) is 3.27. The highest BCUT2D eigenvalue weighted by Crippen LogP contribution is 2.39. The number of nitrogens with zero attached hydrogens (tertiary/aromatic N) is 1. The maximum atomic E-state index is 12.3. The molecule has 0 fully saturated rings. The molecule has 0 heterocycles. The van der Waals surface area contributed by atoms with Gasteiger partial charge in [-0.15, -0.1) is 0 Å². The molecular weight excluding hydrogens is 332 g/mol. The lowest BCUT2D eigenvalue weighted by Gasteiger charge is -2.11. The third-order valence-electron chi connectivity index (χ3n) is 2.12. The van der Waals surface area contributed by atoms with E-state index in [1.807, 2.05) is 0 Å². The van der Waals surface area contributed by atoms with Gasteiger partial charge >= 0.3 is 18.3 Å². The molecule has 0 aliphatic carbocycles. The standard InChI is InChI=1S/C10H8BrF2NO5/c1-18-7(15)4-5-2-3-6(11)8(14(16)17)9(5)19-10(12)13/h2-3,10H,4H2,1H3. The highest BCUT2D eigenvalue weighted by Gasteiger charge is 2.27. The van der Waals surface area contributed by atoms with Crippen molar-refractivity contribution in [1.29, 1.82) is 0 Å². The fourth-order valence-electron chi connectivity index (χ4n) is 1.35. The molecule has 1 aromatic carbocycles. The van der Waals surface area contributed by atoms with Crippen molar-refractivity contribution in [2.45, 2.75) is 13.0 Å². The van der Waals surface area contributed by atoms with Crippen LogP contribution >= 0.6 is 15.9 Å². The Morgan fingerprint density at radius 3 is 2.63 bits per heavy atom. The molecule has 0 aliphatic rings. The van der Waals surface area contributed by atoms with Gasteiger partial charge in [-0.2, -0.15) is 8.78 Å². The number of halogens is 3. The molecule has 0 saturated carbocycles. The minimum Gasteiger partial charge on any atom is -0.469 e. The SMILES string of the molecule is COC(=O)Cc1ccc(Br)c([N+](=O)[O-])c1OC(F)F. The van der Waals surface area contributed by atoms with Crippen LogP contribution in [0.2, 0.25) is 0 Å². The van der Waals surface area contributed by atoms with Crippen molar-refractivity contribution < 1.29 is 28.0 Å². The van der Waals surface area contributed by atoms with E-state index in [9.17, 15) is 23.7 Å². The normalized spacial score (nSPS) is 10.4. The zero-order valence-corrected chi connectivity index (χ0v) is 11.1. The zero-order valence-electron chi connectivity index (χ0n) is 9.56. The maximum Gasteiger partial charge on any atom is 0.387 e. The summed E-state index contributed by atoms with van der Waals surface area (Å²) in [5, 5.41) is 10.9. The summed E-state index contributed by atoms with van der Waals surface area (Å²) >= 11 is 2.87. The number of benzene rings is 1. The van der Waals surface area contributed by atoms with Crippen molar-refractivity contribution in [2.24, 2.45) is 0 Å². The number of methoxy groups -OCH3 is 1. The van der Waals surface area contributed by atoms with E-state index < -0.39 is 35.4 Å². The Balaban J connectivity index is 3.33. The third kappa shape index (κ3) is 3.85. The Kier molecular flexibility index (Phi) is 5.16. The zero-order chi connectivity index (χ0) is 14.6. The lowest BCUT2D eigenvalue weighted by molar-refractivity contribution is -0.387. The molecule has 9 heteroatoms. The molecule has 1 rings (SSSR count). The largest absolute Gasteiger partial charge is 0.469 e. The predicted molar refractivity (Wildman–Crippen MR) is 63.1 cm³/mol. The van der Waals surface area contributed by atoms with E-state index in [1.165, 1.54) is 12.1 Å². The van der Waals surface area contributed by atoms with Crippen LogP contribution in [0.3, 0.4) is 0 Å². The van der Waals surface area contributed by atoms with Crippen LogP contribution in [-0.2, 0) is 16.0 Å². The first kappa shape index (κ1) is 15.3. The van der Waals surface area contributed by atoms with Gasteiger partial charge in [0.25, 0.3) is 0 Å². The lowest BCUT2D eigenvalue weighted by Crippen LogP contribution is -2.11. The first-order chi connectivity index (χ1) is 8.86. The summed E-state index contributed by atoms with van der Waals surface area (Å²) in [7, 11) is 1.11. The second kappa shape index (κ2) is 6.41. The molecule has 0 atom stereocenters. The number of esters is 1. The van der Waals surface area contributed by atoms with Crippen LogP contribution in [0.5, 0.6) is 5.75 Å². The Morgan fingerprint density at radius 1 is 1.53 bits per heavy atom. The van der Waals surface area contributed by atoms with Gasteiger partial charge in [-0.1, -0.05) is 6.07 Å². The maximum absolute atomic E-state index is 12.3. The van der Waals surface area contributed by atoms with Gasteiger partial charge in [-0.05, 0) is 22.0 Å². The van der Waals surface area contributed by atoms with Crippen LogP contribution in [0.25, 0.3) is 0 Å². The number of hydrogen-bond acceptors (Lipinski definition) is 5. The average molecular weight is 340 g/mol. The Bertz CT molecular complexity index is 509. The monoisotopic (exact) mass is 339 g/mol. The number of nitro groups is 1. The summed E-state index contributed by atoms with van der Waals surface area (Å²) in [5.41, 5.74) is -0.719. The van der Waals surface area contributed by atoms with Crippen molar-refractivity contribution in [1.82, 2.24) is 0 Å². The van der Waals surface area contributed by atoms with E-state index in [0.717, 1.165) is 7.11 Å². The van der Waals surface area contributed by atoms with Gasteiger partial charge in [-0.3, -0.25) is 14.9 Å². The van der Waals surface area contributed by atoms with E-state index >= 15 is 0 Å². The first-order valence-corrected chi connectivity index (χ1v) is 5.63. The number of nitro benzene ring substituents is 1. The summed E-state index contributed by atoms with van der Waals surface area (Å²) in [6, 6.07) is 2.54. The number of alkyl halides is 2. The Labute approximate surface area is 114 Å². The van der Waals surface area contributed by atoms with Gasteiger partial charge < -0.3 is 9.47 Å². The number of carbonyl (C=O) groups excluding carboxylic acids is 1. The van der Waals surface area contributed by atoms with E-state index in [-0.39, 0.29) is 10.0 Å². The first-order valence-electron chi connectivity index (χ1n) is 4.84. The fourth-order valence-corrected chi connectivity index (χ4v) is 1.80. The van der Waals surface area contributed by atoms with E-state index in [0.29, 0.717) is 0 Å². The summed E-state index contributed by atoms with van der Waals surface area (Å²) in [6.07, 6.45) is -0.410. The van der Waals surface area contributed by atoms with E-state index in [2.05, 4.69) is 25.4 Å². The van der Waals surface area contributed by atoms with Crippen LogP contribution in [0.15, 0.2) is 16.6 Å². The van der Waals surface area contributed by atoms with Crippen molar-refractivity contribution in [2.75, 3.05) is 7.11 Å². The molecule has 0 spiro atoms. The molecule has 19 heavy (non-hydrogen) atoms. The third-order valence-corrected chi connectivity index (χ3v) is 2.76. The number of carbonyl (C=O) groups is 1. The molecule has 0 unspecified atom stereocenters. The van der Waals surface area contributed by atoms with Crippen molar-refractivity contribution in [3.8, 4) is 5.75 Å². The van der Waals surface area contributed by atoms with Gasteiger partial charge in [0.05, 0.1) is 22.9 Å². The highest BCUT2D eigenvalue weighted by atomic mass is 79.9. The Morgan fingerprint density at radius 2 is 2.16 bits per heavy atom. The van der Waals surface area contributed by atoms with Crippen molar-refractivity contribution >= 4 is 27.6 Å². The molecule has 0 amide bonds. The van der Waals surface area contributed by atoms with Crippen molar-refractivity contribution in [3.63, 3.8) is 0 Å². The van der Waals surface area contributed by atoms with Gasteiger partial charge in [0, 0.05) is 5.56 Å². The van der Waals surface area contributed by atoms with E-state index in [4.69, 9.17) is 0 Å². The molecule has 104 valence electrons. The minimum absolute atomic E-state index is 0.0261. The second-order valence-corrected chi connectivity index (χ2v) is 4.13. The molecule has 0 aromatic heterocycles.